The molecule has 14 heavy (non-hydrogen) atoms. The van der Waals surface area contributed by atoms with Crippen LogP contribution >= 0.6 is 0 Å². The highest BCUT2D eigenvalue weighted by Crippen LogP contribution is 2.29. The first kappa shape index (κ1) is 8.88. The van der Waals surface area contributed by atoms with E-state index in [0.717, 1.165) is 23.2 Å². The number of nitrogen functional groups attached to an aromatic ring is 2. The zero-order valence-electron chi connectivity index (χ0n) is 8.25. The molecule has 0 bridgehead atoms. The SMILES string of the molecule is CCc1ccc(N)c2c(N)cccc12. The molecule has 0 aliphatic rings. The third kappa shape index (κ3) is 1.20. The molecule has 0 radical (unpaired) electrons. The molecule has 0 aliphatic carbocycles. The number of rotatable bonds is 1. The van der Waals surface area contributed by atoms with E-state index in [-0.39, 0.29) is 0 Å². The molecule has 0 spiro atoms. The Balaban J connectivity index is 2.91. The maximum Gasteiger partial charge on any atom is 0.0414 e. The second kappa shape index (κ2) is 3.22. The van der Waals surface area contributed by atoms with Gasteiger partial charge in [0.1, 0.15) is 0 Å². The summed E-state index contributed by atoms with van der Waals surface area (Å²) in [4.78, 5) is 0. The van der Waals surface area contributed by atoms with Crippen LogP contribution in [-0.2, 0) is 6.42 Å². The fourth-order valence-electron chi connectivity index (χ4n) is 1.83. The Morgan fingerprint density at radius 3 is 2.43 bits per heavy atom. The van der Waals surface area contributed by atoms with Gasteiger partial charge in [-0.3, -0.25) is 0 Å². The average molecular weight is 186 g/mol. The second-order valence-corrected chi connectivity index (χ2v) is 3.44. The van der Waals surface area contributed by atoms with Gasteiger partial charge in [0.05, 0.1) is 0 Å². The third-order valence-electron chi connectivity index (χ3n) is 2.58. The van der Waals surface area contributed by atoms with Gasteiger partial charge < -0.3 is 11.5 Å². The lowest BCUT2D eigenvalue weighted by Crippen LogP contribution is -1.95. The number of anilines is 2. The molecule has 2 heteroatoms. The molecule has 2 rings (SSSR count). The van der Waals surface area contributed by atoms with Crippen molar-refractivity contribution in [1.29, 1.82) is 0 Å². The van der Waals surface area contributed by atoms with Crippen molar-refractivity contribution in [2.45, 2.75) is 13.3 Å². The van der Waals surface area contributed by atoms with E-state index < -0.39 is 0 Å². The Morgan fingerprint density at radius 2 is 1.71 bits per heavy atom. The molecule has 0 unspecified atom stereocenters. The maximum absolute atomic E-state index is 5.90. The Hall–Kier alpha value is -1.70. The topological polar surface area (TPSA) is 52.0 Å². The van der Waals surface area contributed by atoms with E-state index in [2.05, 4.69) is 19.1 Å². The lowest BCUT2D eigenvalue weighted by Gasteiger charge is -2.09. The molecule has 0 aliphatic heterocycles. The van der Waals surface area contributed by atoms with Crippen LogP contribution in [0.1, 0.15) is 12.5 Å². The van der Waals surface area contributed by atoms with Crippen molar-refractivity contribution in [1.82, 2.24) is 0 Å². The largest absolute Gasteiger partial charge is 0.398 e. The maximum atomic E-state index is 5.90. The van der Waals surface area contributed by atoms with Crippen molar-refractivity contribution >= 4 is 22.1 Å². The van der Waals surface area contributed by atoms with Crippen LogP contribution in [0.3, 0.4) is 0 Å². The van der Waals surface area contributed by atoms with Gasteiger partial charge in [-0.2, -0.15) is 0 Å². The normalized spacial score (nSPS) is 10.6. The van der Waals surface area contributed by atoms with Crippen LogP contribution in [0.15, 0.2) is 30.3 Å². The molecule has 72 valence electrons. The summed E-state index contributed by atoms with van der Waals surface area (Å²) in [5.74, 6) is 0. The summed E-state index contributed by atoms with van der Waals surface area (Å²) in [6.07, 6.45) is 1.00. The molecule has 0 amide bonds. The van der Waals surface area contributed by atoms with Gasteiger partial charge >= 0.3 is 0 Å². The van der Waals surface area contributed by atoms with Crippen LogP contribution in [0.25, 0.3) is 10.8 Å². The molecule has 0 heterocycles. The van der Waals surface area contributed by atoms with E-state index in [1.165, 1.54) is 10.9 Å². The lowest BCUT2D eigenvalue weighted by atomic mass is 10.0. The van der Waals surface area contributed by atoms with Crippen LogP contribution < -0.4 is 11.5 Å². The Labute approximate surface area is 83.5 Å². The minimum Gasteiger partial charge on any atom is -0.398 e. The summed E-state index contributed by atoms with van der Waals surface area (Å²) in [5, 5.41) is 2.17. The van der Waals surface area contributed by atoms with Crippen LogP contribution in [-0.4, -0.2) is 0 Å². The Kier molecular flexibility index (Phi) is 2.04. The molecule has 2 nitrogen and oxygen atoms in total. The molecule has 4 N–H and O–H groups in total. The van der Waals surface area contributed by atoms with Crippen molar-refractivity contribution in [2.75, 3.05) is 11.5 Å². The quantitative estimate of drug-likeness (QED) is 0.672. The molecule has 0 saturated carbocycles. The lowest BCUT2D eigenvalue weighted by molar-refractivity contribution is 1.16. The van der Waals surface area contributed by atoms with Crippen LogP contribution in [0.5, 0.6) is 0 Å². The van der Waals surface area contributed by atoms with E-state index in [1.807, 2.05) is 18.2 Å². The molecular weight excluding hydrogens is 172 g/mol. The summed E-state index contributed by atoms with van der Waals surface area (Å²) in [7, 11) is 0. The summed E-state index contributed by atoms with van der Waals surface area (Å²) in [5.41, 5.74) is 14.6. The number of nitrogens with two attached hydrogens (primary N) is 2. The van der Waals surface area contributed by atoms with Gasteiger partial charge in [0.2, 0.25) is 0 Å². The smallest absolute Gasteiger partial charge is 0.0414 e. The summed E-state index contributed by atoms with van der Waals surface area (Å²) >= 11 is 0. The average Bonchev–Trinajstić information content (AvgIpc) is 2.18. The van der Waals surface area contributed by atoms with E-state index in [1.54, 1.807) is 0 Å². The number of hydrogen-bond acceptors (Lipinski definition) is 2. The van der Waals surface area contributed by atoms with Gasteiger partial charge in [-0.15, -0.1) is 0 Å². The fraction of sp³-hybridized carbons (Fsp3) is 0.167. The van der Waals surface area contributed by atoms with Gasteiger partial charge in [-0.1, -0.05) is 25.1 Å². The summed E-state index contributed by atoms with van der Waals surface area (Å²) < 4.78 is 0. The Bertz CT molecular complexity index is 467. The van der Waals surface area contributed by atoms with Crippen molar-refractivity contribution in [3.05, 3.63) is 35.9 Å². The van der Waals surface area contributed by atoms with Gasteiger partial charge in [-0.25, -0.2) is 0 Å². The highest BCUT2D eigenvalue weighted by Gasteiger charge is 2.04. The van der Waals surface area contributed by atoms with E-state index in [0.29, 0.717) is 0 Å². The molecule has 0 fully saturated rings. The first-order valence-corrected chi connectivity index (χ1v) is 4.79. The number of aryl methyl sites for hydroxylation is 1. The van der Waals surface area contributed by atoms with Gasteiger partial charge in [0.15, 0.2) is 0 Å². The second-order valence-electron chi connectivity index (χ2n) is 3.44. The van der Waals surface area contributed by atoms with Crippen LogP contribution in [0.4, 0.5) is 11.4 Å². The minimum atomic E-state index is 0.760. The van der Waals surface area contributed by atoms with E-state index in [9.17, 15) is 0 Å². The van der Waals surface area contributed by atoms with Gasteiger partial charge in [0.25, 0.3) is 0 Å². The standard InChI is InChI=1S/C12H14N2/c1-2-8-6-7-11(14)12-9(8)4-3-5-10(12)13/h3-7H,2,13-14H2,1H3. The predicted molar refractivity (Wildman–Crippen MR) is 62.2 cm³/mol. The molecule has 0 saturated heterocycles. The fourth-order valence-corrected chi connectivity index (χ4v) is 1.83. The Morgan fingerprint density at radius 1 is 1.00 bits per heavy atom. The zero-order chi connectivity index (χ0) is 10.1. The van der Waals surface area contributed by atoms with Gasteiger partial charge in [0, 0.05) is 16.8 Å². The molecule has 0 aromatic heterocycles. The zero-order valence-corrected chi connectivity index (χ0v) is 8.25. The summed E-state index contributed by atoms with van der Waals surface area (Å²) in [6, 6.07) is 9.92. The van der Waals surface area contributed by atoms with E-state index in [4.69, 9.17) is 11.5 Å². The number of fused-ring (bicyclic) bond motifs is 1. The first-order chi connectivity index (χ1) is 6.74. The van der Waals surface area contributed by atoms with Gasteiger partial charge in [-0.05, 0) is 29.5 Å². The molecule has 2 aromatic rings. The molecule has 0 atom stereocenters. The van der Waals surface area contributed by atoms with E-state index >= 15 is 0 Å². The van der Waals surface area contributed by atoms with Crippen molar-refractivity contribution < 1.29 is 0 Å². The van der Waals surface area contributed by atoms with Crippen molar-refractivity contribution in [2.24, 2.45) is 0 Å². The molecular formula is C12H14N2. The highest BCUT2D eigenvalue weighted by atomic mass is 14.6. The third-order valence-corrected chi connectivity index (χ3v) is 2.58. The number of hydrogen-bond donors (Lipinski definition) is 2. The monoisotopic (exact) mass is 186 g/mol. The molecule has 2 aromatic carbocycles. The highest BCUT2D eigenvalue weighted by molar-refractivity contribution is 6.03. The minimum absolute atomic E-state index is 0.760. The van der Waals surface area contributed by atoms with Crippen molar-refractivity contribution in [3.63, 3.8) is 0 Å². The summed E-state index contributed by atoms with van der Waals surface area (Å²) in [6.45, 7) is 2.13. The van der Waals surface area contributed by atoms with Crippen LogP contribution in [0, 0.1) is 0 Å². The first-order valence-electron chi connectivity index (χ1n) is 4.79. The predicted octanol–water partition coefficient (Wildman–Crippen LogP) is 2.57. The van der Waals surface area contributed by atoms with Crippen LogP contribution in [0.2, 0.25) is 0 Å². The number of benzene rings is 2. The van der Waals surface area contributed by atoms with Crippen molar-refractivity contribution in [3.8, 4) is 0 Å².